The second-order valence-corrected chi connectivity index (χ2v) is 5.02. The zero-order valence-electron chi connectivity index (χ0n) is 9.70. The van der Waals surface area contributed by atoms with Gasteiger partial charge in [0.05, 0.1) is 11.9 Å². The van der Waals surface area contributed by atoms with Crippen LogP contribution in [0.3, 0.4) is 0 Å². The third-order valence-electron chi connectivity index (χ3n) is 3.00. The number of halogens is 1. The van der Waals surface area contributed by atoms with Crippen LogP contribution in [0.15, 0.2) is 16.9 Å². The maximum Gasteiger partial charge on any atom is 0.227 e. The summed E-state index contributed by atoms with van der Waals surface area (Å²) in [6.45, 7) is 3.30. The highest BCUT2D eigenvalue weighted by atomic mass is 79.9. The number of rotatable bonds is 2. The normalized spacial score (nSPS) is 16.8. The first-order chi connectivity index (χ1) is 8.18. The maximum atomic E-state index is 12.0. The summed E-state index contributed by atoms with van der Waals surface area (Å²) in [6, 6.07) is 0. The van der Waals surface area contributed by atoms with Gasteiger partial charge in [-0.2, -0.15) is 0 Å². The fourth-order valence-corrected chi connectivity index (χ4v) is 2.15. The third-order valence-corrected chi connectivity index (χ3v) is 3.80. The largest absolute Gasteiger partial charge is 0.381 e. The highest BCUT2D eigenvalue weighted by Gasteiger charge is 2.22. The minimum absolute atomic E-state index is 0.0575. The summed E-state index contributed by atoms with van der Waals surface area (Å²) in [5.74, 6) is 0.124. The summed E-state index contributed by atoms with van der Waals surface area (Å²) >= 11 is 3.40. The van der Waals surface area contributed by atoms with Crippen molar-refractivity contribution in [3.63, 3.8) is 0 Å². The van der Waals surface area contributed by atoms with Crippen molar-refractivity contribution in [2.24, 2.45) is 5.92 Å². The number of hydrogen-bond acceptors (Lipinski definition) is 3. The predicted molar refractivity (Wildman–Crippen MR) is 68.8 cm³/mol. The summed E-state index contributed by atoms with van der Waals surface area (Å²) in [6.07, 6.45) is 5.00. The van der Waals surface area contributed by atoms with Crippen molar-refractivity contribution in [1.29, 1.82) is 0 Å². The number of nitrogens with one attached hydrogen (secondary N) is 1. The number of anilines is 1. The van der Waals surface area contributed by atoms with Gasteiger partial charge in [-0.25, -0.2) is 0 Å². The molecule has 0 spiro atoms. The van der Waals surface area contributed by atoms with Crippen LogP contribution in [0.1, 0.15) is 18.4 Å². The first-order valence-electron chi connectivity index (χ1n) is 5.67. The van der Waals surface area contributed by atoms with E-state index in [0.717, 1.165) is 28.6 Å². The number of carbonyl (C=O) groups excluding carboxylic acids is 1. The molecular weight excluding hydrogens is 284 g/mol. The number of pyridine rings is 1. The Morgan fingerprint density at radius 3 is 2.88 bits per heavy atom. The predicted octanol–water partition coefficient (Wildman–Crippen LogP) is 2.52. The zero-order valence-corrected chi connectivity index (χ0v) is 11.3. The molecular formula is C12H15BrN2O2. The Morgan fingerprint density at radius 2 is 2.18 bits per heavy atom. The maximum absolute atomic E-state index is 12.0. The van der Waals surface area contributed by atoms with Crippen molar-refractivity contribution in [3.8, 4) is 0 Å². The number of aromatic nitrogens is 1. The van der Waals surface area contributed by atoms with E-state index in [1.165, 1.54) is 0 Å². The molecule has 0 aromatic carbocycles. The molecule has 0 atom stereocenters. The van der Waals surface area contributed by atoms with E-state index in [1.807, 2.05) is 6.92 Å². The van der Waals surface area contributed by atoms with Crippen LogP contribution in [-0.4, -0.2) is 24.1 Å². The summed E-state index contributed by atoms with van der Waals surface area (Å²) in [5.41, 5.74) is 1.77. The lowest BCUT2D eigenvalue weighted by Crippen LogP contribution is -2.28. The highest BCUT2D eigenvalue weighted by Crippen LogP contribution is 2.23. The lowest BCUT2D eigenvalue weighted by Gasteiger charge is -2.21. The molecule has 1 N–H and O–H groups in total. The standard InChI is InChI=1S/C12H15BrN2O2/c1-8-10(13)6-14-7-11(8)15-12(16)9-2-4-17-5-3-9/h6-7,9H,2-5H2,1H3,(H,15,16). The van der Waals surface area contributed by atoms with Gasteiger partial charge in [-0.15, -0.1) is 0 Å². The number of ether oxygens (including phenoxy) is 1. The molecule has 1 aromatic rings. The van der Waals surface area contributed by atoms with Crippen LogP contribution < -0.4 is 5.32 Å². The van der Waals surface area contributed by atoms with Crippen molar-refractivity contribution in [3.05, 3.63) is 22.4 Å². The highest BCUT2D eigenvalue weighted by molar-refractivity contribution is 9.10. The van der Waals surface area contributed by atoms with E-state index in [9.17, 15) is 4.79 Å². The molecule has 1 fully saturated rings. The summed E-state index contributed by atoms with van der Waals surface area (Å²) in [7, 11) is 0. The SMILES string of the molecule is Cc1c(Br)cncc1NC(=O)C1CCOCC1. The van der Waals surface area contributed by atoms with Crippen molar-refractivity contribution < 1.29 is 9.53 Å². The Kier molecular flexibility index (Phi) is 4.12. The molecule has 17 heavy (non-hydrogen) atoms. The first kappa shape index (κ1) is 12.5. The number of amides is 1. The fraction of sp³-hybridized carbons (Fsp3) is 0.500. The van der Waals surface area contributed by atoms with Gasteiger partial charge >= 0.3 is 0 Å². The molecule has 1 saturated heterocycles. The Balaban J connectivity index is 2.04. The summed E-state index contributed by atoms with van der Waals surface area (Å²) < 4.78 is 6.15. The van der Waals surface area contributed by atoms with Gasteiger partial charge in [-0.3, -0.25) is 9.78 Å². The summed E-state index contributed by atoms with van der Waals surface area (Å²) in [5, 5.41) is 2.93. The van der Waals surface area contributed by atoms with E-state index in [2.05, 4.69) is 26.2 Å². The van der Waals surface area contributed by atoms with Gasteiger partial charge in [0.25, 0.3) is 0 Å². The summed E-state index contributed by atoms with van der Waals surface area (Å²) in [4.78, 5) is 16.1. The van der Waals surface area contributed by atoms with E-state index < -0.39 is 0 Å². The molecule has 4 nitrogen and oxygen atoms in total. The van der Waals surface area contributed by atoms with E-state index in [0.29, 0.717) is 13.2 Å². The second kappa shape index (κ2) is 5.60. The quantitative estimate of drug-likeness (QED) is 0.913. The molecule has 2 heterocycles. The second-order valence-electron chi connectivity index (χ2n) is 4.17. The van der Waals surface area contributed by atoms with Gasteiger partial charge in [0.1, 0.15) is 0 Å². The van der Waals surface area contributed by atoms with Crippen LogP contribution >= 0.6 is 15.9 Å². The Labute approximate surface area is 109 Å². The molecule has 5 heteroatoms. The van der Waals surface area contributed by atoms with E-state index in [4.69, 9.17) is 4.74 Å². The van der Waals surface area contributed by atoms with Gasteiger partial charge in [0.2, 0.25) is 5.91 Å². The molecule has 0 saturated carbocycles. The van der Waals surface area contributed by atoms with Crippen LogP contribution in [0.5, 0.6) is 0 Å². The minimum atomic E-state index is 0.0575. The Hall–Kier alpha value is -0.940. The smallest absolute Gasteiger partial charge is 0.227 e. The van der Waals surface area contributed by atoms with Gasteiger partial charge in [-0.05, 0) is 41.3 Å². The fourth-order valence-electron chi connectivity index (χ4n) is 1.82. The van der Waals surface area contributed by atoms with E-state index in [-0.39, 0.29) is 11.8 Å². The third kappa shape index (κ3) is 3.04. The molecule has 92 valence electrons. The average molecular weight is 299 g/mol. The Morgan fingerprint density at radius 1 is 1.47 bits per heavy atom. The lowest BCUT2D eigenvalue weighted by atomic mass is 9.99. The number of nitrogens with zero attached hydrogens (tertiary/aromatic N) is 1. The average Bonchev–Trinajstić information content (AvgIpc) is 2.36. The zero-order chi connectivity index (χ0) is 12.3. The van der Waals surface area contributed by atoms with Gasteiger partial charge in [0, 0.05) is 29.8 Å². The van der Waals surface area contributed by atoms with Gasteiger partial charge in [-0.1, -0.05) is 0 Å². The minimum Gasteiger partial charge on any atom is -0.381 e. The molecule has 1 aromatic heterocycles. The molecule has 0 bridgehead atoms. The van der Waals surface area contributed by atoms with Crippen LogP contribution in [0, 0.1) is 12.8 Å². The number of hydrogen-bond donors (Lipinski definition) is 1. The molecule has 1 aliphatic heterocycles. The molecule has 0 unspecified atom stereocenters. The lowest BCUT2D eigenvalue weighted by molar-refractivity contribution is -0.122. The van der Waals surface area contributed by atoms with Crippen LogP contribution in [0.4, 0.5) is 5.69 Å². The molecule has 0 radical (unpaired) electrons. The molecule has 0 aliphatic carbocycles. The molecule has 2 rings (SSSR count). The van der Waals surface area contributed by atoms with Crippen molar-refractivity contribution >= 4 is 27.5 Å². The first-order valence-corrected chi connectivity index (χ1v) is 6.46. The van der Waals surface area contributed by atoms with Crippen molar-refractivity contribution in [2.75, 3.05) is 18.5 Å². The van der Waals surface area contributed by atoms with Crippen LogP contribution in [-0.2, 0) is 9.53 Å². The van der Waals surface area contributed by atoms with Crippen LogP contribution in [0.2, 0.25) is 0 Å². The topological polar surface area (TPSA) is 51.2 Å². The van der Waals surface area contributed by atoms with E-state index >= 15 is 0 Å². The van der Waals surface area contributed by atoms with Gasteiger partial charge < -0.3 is 10.1 Å². The van der Waals surface area contributed by atoms with E-state index in [1.54, 1.807) is 12.4 Å². The molecule has 1 aliphatic rings. The molecule has 1 amide bonds. The monoisotopic (exact) mass is 298 g/mol. The Bertz CT molecular complexity index is 417. The van der Waals surface area contributed by atoms with Crippen molar-refractivity contribution in [2.45, 2.75) is 19.8 Å². The van der Waals surface area contributed by atoms with Crippen LogP contribution in [0.25, 0.3) is 0 Å². The van der Waals surface area contributed by atoms with Crippen molar-refractivity contribution in [1.82, 2.24) is 4.98 Å². The van der Waals surface area contributed by atoms with Gasteiger partial charge in [0.15, 0.2) is 0 Å². The number of carbonyl (C=O) groups is 1.